The van der Waals surface area contributed by atoms with Crippen LogP contribution in [0.4, 0.5) is 5.13 Å². The molecule has 0 unspecified atom stereocenters. The van der Waals surface area contributed by atoms with Crippen LogP contribution in [0.2, 0.25) is 0 Å². The van der Waals surface area contributed by atoms with Crippen LogP contribution in [0.5, 0.6) is 0 Å². The Morgan fingerprint density at radius 3 is 2.79 bits per heavy atom. The minimum absolute atomic E-state index is 0.632. The normalized spacial score (nSPS) is 10.2. The molecule has 0 aliphatic carbocycles. The highest BCUT2D eigenvalue weighted by Gasteiger charge is 2.02. The Bertz CT molecular complexity index is 522. The van der Waals surface area contributed by atoms with Crippen molar-refractivity contribution in [2.24, 2.45) is 0 Å². The number of nitrogens with zero attached hydrogens (tertiary/aromatic N) is 1. The van der Waals surface area contributed by atoms with Crippen LogP contribution in [0.1, 0.15) is 18.2 Å². The highest BCUT2D eigenvalue weighted by atomic mass is 32.1. The first-order valence-electron chi connectivity index (χ1n) is 6.31. The number of hydrogen-bond donors (Lipinski definition) is 2. The van der Waals surface area contributed by atoms with Crippen molar-refractivity contribution in [3.63, 3.8) is 0 Å². The zero-order valence-electron chi connectivity index (χ0n) is 10.8. The summed E-state index contributed by atoms with van der Waals surface area (Å²) in [6, 6.07) is 10.4. The molecular weight excluding hydrogens is 274 g/mol. The van der Waals surface area contributed by atoms with Crippen molar-refractivity contribution in [1.29, 1.82) is 0 Å². The van der Waals surface area contributed by atoms with Crippen molar-refractivity contribution >= 4 is 33.8 Å². The van der Waals surface area contributed by atoms with Gasteiger partial charge in [0, 0.05) is 11.9 Å². The molecular formula is C14H17N3S2. The lowest BCUT2D eigenvalue weighted by Crippen LogP contribution is -2.30. The number of hydrogen-bond acceptors (Lipinski definition) is 3. The van der Waals surface area contributed by atoms with E-state index in [4.69, 9.17) is 12.2 Å². The molecule has 0 saturated carbocycles. The zero-order chi connectivity index (χ0) is 13.5. The molecule has 0 radical (unpaired) electrons. The molecule has 19 heavy (non-hydrogen) atoms. The summed E-state index contributed by atoms with van der Waals surface area (Å²) in [5.41, 5.74) is 2.40. The van der Waals surface area contributed by atoms with Gasteiger partial charge in [-0.2, -0.15) is 0 Å². The van der Waals surface area contributed by atoms with E-state index in [2.05, 4.69) is 40.1 Å². The minimum atomic E-state index is 0.632. The SMILES string of the molecule is CCc1csc(NC(=S)NCCc2ccccc2)n1. The van der Waals surface area contributed by atoms with E-state index < -0.39 is 0 Å². The van der Waals surface area contributed by atoms with Gasteiger partial charge in [-0.15, -0.1) is 11.3 Å². The molecule has 1 aromatic carbocycles. The first kappa shape index (κ1) is 14.0. The Labute approximate surface area is 123 Å². The average molecular weight is 291 g/mol. The predicted octanol–water partition coefficient (Wildman–Crippen LogP) is 3.23. The third-order valence-electron chi connectivity index (χ3n) is 2.68. The van der Waals surface area contributed by atoms with Gasteiger partial charge in [0.25, 0.3) is 0 Å². The molecule has 2 aromatic rings. The largest absolute Gasteiger partial charge is 0.362 e. The monoisotopic (exact) mass is 291 g/mol. The van der Waals surface area contributed by atoms with Crippen LogP contribution in [-0.2, 0) is 12.8 Å². The summed E-state index contributed by atoms with van der Waals surface area (Å²) in [5.74, 6) is 0. The van der Waals surface area contributed by atoms with Gasteiger partial charge in [-0.1, -0.05) is 37.3 Å². The van der Waals surface area contributed by atoms with Crippen LogP contribution in [-0.4, -0.2) is 16.6 Å². The Hall–Kier alpha value is -1.46. The highest BCUT2D eigenvalue weighted by molar-refractivity contribution is 7.80. The van der Waals surface area contributed by atoms with E-state index in [1.54, 1.807) is 11.3 Å². The van der Waals surface area contributed by atoms with Crippen LogP contribution < -0.4 is 10.6 Å². The number of thiocarbonyl (C=S) groups is 1. The third-order valence-corrected chi connectivity index (χ3v) is 3.73. The van der Waals surface area contributed by atoms with Crippen LogP contribution in [0.3, 0.4) is 0 Å². The number of thiazole rings is 1. The second-order valence-corrected chi connectivity index (χ2v) is 5.38. The number of aryl methyl sites for hydroxylation is 1. The third kappa shape index (κ3) is 4.61. The molecule has 0 saturated heterocycles. The Balaban J connectivity index is 1.73. The van der Waals surface area contributed by atoms with E-state index in [9.17, 15) is 0 Å². The van der Waals surface area contributed by atoms with Crippen molar-refractivity contribution in [3.05, 3.63) is 47.0 Å². The lowest BCUT2D eigenvalue weighted by Gasteiger charge is -2.08. The molecule has 100 valence electrons. The van der Waals surface area contributed by atoms with Crippen molar-refractivity contribution in [2.75, 3.05) is 11.9 Å². The van der Waals surface area contributed by atoms with E-state index in [0.29, 0.717) is 5.11 Å². The van der Waals surface area contributed by atoms with Crippen LogP contribution in [0, 0.1) is 0 Å². The maximum Gasteiger partial charge on any atom is 0.189 e. The Morgan fingerprint density at radius 1 is 1.32 bits per heavy atom. The summed E-state index contributed by atoms with van der Waals surface area (Å²) in [7, 11) is 0. The molecule has 0 bridgehead atoms. The average Bonchev–Trinajstić information content (AvgIpc) is 2.87. The molecule has 2 rings (SSSR count). The van der Waals surface area contributed by atoms with Crippen molar-refractivity contribution in [2.45, 2.75) is 19.8 Å². The highest BCUT2D eigenvalue weighted by Crippen LogP contribution is 2.15. The lowest BCUT2D eigenvalue weighted by molar-refractivity contribution is 0.873. The Kier molecular flexibility index (Phi) is 5.30. The van der Waals surface area contributed by atoms with Gasteiger partial charge in [-0.3, -0.25) is 0 Å². The molecule has 0 amide bonds. The molecule has 1 heterocycles. The number of aromatic nitrogens is 1. The number of rotatable bonds is 5. The van der Waals surface area contributed by atoms with E-state index in [-0.39, 0.29) is 0 Å². The second kappa shape index (κ2) is 7.21. The first-order valence-corrected chi connectivity index (χ1v) is 7.60. The summed E-state index contributed by atoms with van der Waals surface area (Å²) in [4.78, 5) is 4.41. The second-order valence-electron chi connectivity index (χ2n) is 4.11. The molecule has 0 spiro atoms. The quantitative estimate of drug-likeness (QED) is 0.829. The van der Waals surface area contributed by atoms with Gasteiger partial charge in [0.05, 0.1) is 5.69 Å². The summed E-state index contributed by atoms with van der Waals surface area (Å²) < 4.78 is 0. The van der Waals surface area contributed by atoms with E-state index in [1.807, 2.05) is 18.2 Å². The van der Waals surface area contributed by atoms with Gasteiger partial charge in [0.1, 0.15) is 0 Å². The van der Waals surface area contributed by atoms with Crippen molar-refractivity contribution in [1.82, 2.24) is 10.3 Å². The van der Waals surface area contributed by atoms with Crippen LogP contribution >= 0.6 is 23.6 Å². The van der Waals surface area contributed by atoms with Gasteiger partial charge in [-0.25, -0.2) is 4.98 Å². The first-order chi connectivity index (χ1) is 9.28. The molecule has 0 aliphatic heterocycles. The van der Waals surface area contributed by atoms with E-state index >= 15 is 0 Å². The number of nitrogens with one attached hydrogen (secondary N) is 2. The number of benzene rings is 1. The summed E-state index contributed by atoms with van der Waals surface area (Å²) >= 11 is 6.82. The Morgan fingerprint density at radius 2 is 2.11 bits per heavy atom. The molecule has 3 nitrogen and oxygen atoms in total. The molecule has 2 N–H and O–H groups in total. The summed E-state index contributed by atoms with van der Waals surface area (Å²) in [6.07, 6.45) is 1.91. The summed E-state index contributed by atoms with van der Waals surface area (Å²) in [6.45, 7) is 2.91. The summed E-state index contributed by atoms with van der Waals surface area (Å²) in [5, 5.41) is 9.84. The molecule has 0 aliphatic rings. The van der Waals surface area contributed by atoms with Crippen LogP contribution in [0.25, 0.3) is 0 Å². The molecule has 0 atom stereocenters. The molecule has 5 heteroatoms. The van der Waals surface area contributed by atoms with E-state index in [1.165, 1.54) is 5.56 Å². The minimum Gasteiger partial charge on any atom is -0.362 e. The molecule has 0 fully saturated rings. The lowest BCUT2D eigenvalue weighted by atomic mass is 10.1. The fourth-order valence-corrected chi connectivity index (χ4v) is 2.69. The predicted molar refractivity (Wildman–Crippen MR) is 85.9 cm³/mol. The van der Waals surface area contributed by atoms with Gasteiger partial charge in [0.2, 0.25) is 0 Å². The van der Waals surface area contributed by atoms with Gasteiger partial charge in [-0.05, 0) is 30.6 Å². The maximum absolute atomic E-state index is 5.24. The fraction of sp³-hybridized carbons (Fsp3) is 0.286. The van der Waals surface area contributed by atoms with Gasteiger partial charge < -0.3 is 10.6 Å². The van der Waals surface area contributed by atoms with Crippen molar-refractivity contribution in [3.8, 4) is 0 Å². The zero-order valence-corrected chi connectivity index (χ0v) is 12.5. The standard InChI is InChI=1S/C14H17N3S2/c1-2-12-10-19-14(16-12)17-13(18)15-9-8-11-6-4-3-5-7-11/h3-7,10H,2,8-9H2,1H3,(H2,15,16,17,18). The van der Waals surface area contributed by atoms with E-state index in [0.717, 1.165) is 30.2 Å². The van der Waals surface area contributed by atoms with Gasteiger partial charge in [0.15, 0.2) is 10.2 Å². The number of anilines is 1. The maximum atomic E-state index is 5.24. The van der Waals surface area contributed by atoms with Crippen LogP contribution in [0.15, 0.2) is 35.7 Å². The molecule has 1 aromatic heterocycles. The van der Waals surface area contributed by atoms with Gasteiger partial charge >= 0.3 is 0 Å². The smallest absolute Gasteiger partial charge is 0.189 e. The fourth-order valence-electron chi connectivity index (χ4n) is 1.63. The van der Waals surface area contributed by atoms with Crippen molar-refractivity contribution < 1.29 is 0 Å². The topological polar surface area (TPSA) is 37.0 Å².